The molecule has 1 aliphatic rings. The molecule has 5 nitrogen and oxygen atoms in total. The van der Waals surface area contributed by atoms with Gasteiger partial charge in [0.15, 0.2) is 0 Å². The number of carbonyl (C=O) groups is 2. The molecule has 2 heterocycles. The average molecular weight is 455 g/mol. The summed E-state index contributed by atoms with van der Waals surface area (Å²) in [6.45, 7) is 2.61. The number of hydrogen-bond acceptors (Lipinski definition) is 4. The zero-order valence-corrected chi connectivity index (χ0v) is 18.3. The fraction of sp³-hybridized carbons (Fsp3) is 0.174. The van der Waals surface area contributed by atoms with E-state index >= 15 is 0 Å². The maximum absolute atomic E-state index is 13.3. The highest BCUT2D eigenvalue weighted by atomic mass is 32.2. The van der Waals surface area contributed by atoms with Crippen molar-refractivity contribution in [2.24, 2.45) is 0 Å². The lowest BCUT2D eigenvalue weighted by atomic mass is 10.1. The summed E-state index contributed by atoms with van der Waals surface area (Å²) < 4.78 is 15.8. The number of rotatable bonds is 6. The highest BCUT2D eigenvalue weighted by Gasteiger charge is 2.32. The van der Waals surface area contributed by atoms with Crippen LogP contribution in [0.15, 0.2) is 53.4 Å². The molecule has 0 aliphatic carbocycles. The van der Waals surface area contributed by atoms with Gasteiger partial charge in [-0.2, -0.15) is 0 Å². The molecule has 1 N–H and O–H groups in total. The van der Waals surface area contributed by atoms with Gasteiger partial charge in [-0.1, -0.05) is 54.3 Å². The predicted octanol–water partition coefficient (Wildman–Crippen LogP) is 4.81. The Kier molecular flexibility index (Phi) is 5.93. The monoisotopic (exact) mass is 454 g/mol. The van der Waals surface area contributed by atoms with Crippen LogP contribution in [0.1, 0.15) is 23.2 Å². The normalized spacial score (nSPS) is 15.4. The minimum Gasteiger partial charge on any atom is -0.481 e. The molecule has 2 aromatic carbocycles. The number of benzene rings is 2. The van der Waals surface area contributed by atoms with Gasteiger partial charge in [-0.05, 0) is 36.8 Å². The maximum Gasteiger partial charge on any atom is 0.305 e. The number of carboxylic acids is 1. The topological polar surface area (TPSA) is 62.5 Å². The standard InChI is InChI=1S/C23H19FN2O3S2/c1-14-18(12-20-22(29)25(23(30)31-20)11-10-21(27)28)17-4-2-3-5-19(17)26(14)13-15-6-8-16(24)9-7-15/h2-9,12H,10-11,13H2,1H3,(H,27,28)/b20-12+. The van der Waals surface area contributed by atoms with Crippen molar-refractivity contribution in [2.45, 2.75) is 19.9 Å². The van der Waals surface area contributed by atoms with E-state index in [-0.39, 0.29) is 24.7 Å². The Balaban J connectivity index is 1.72. The second-order valence-electron chi connectivity index (χ2n) is 7.21. The number of para-hydroxylation sites is 1. The molecule has 1 saturated heterocycles. The molecule has 0 spiro atoms. The fourth-order valence-electron chi connectivity index (χ4n) is 3.65. The van der Waals surface area contributed by atoms with E-state index in [1.54, 1.807) is 12.1 Å². The summed E-state index contributed by atoms with van der Waals surface area (Å²) in [4.78, 5) is 25.5. The van der Waals surface area contributed by atoms with Crippen LogP contribution >= 0.6 is 24.0 Å². The SMILES string of the molecule is Cc1c(/C=C2/SC(=S)N(CCC(=O)O)C2=O)c2ccccc2n1Cc1ccc(F)cc1. The van der Waals surface area contributed by atoms with Gasteiger partial charge in [0, 0.05) is 35.2 Å². The summed E-state index contributed by atoms with van der Waals surface area (Å²) in [6.07, 6.45) is 1.68. The van der Waals surface area contributed by atoms with Crippen LogP contribution in [0.3, 0.4) is 0 Å². The Labute approximate surface area is 188 Å². The van der Waals surface area contributed by atoms with Gasteiger partial charge >= 0.3 is 5.97 Å². The number of carboxylic acid groups (broad SMARTS) is 1. The smallest absolute Gasteiger partial charge is 0.305 e. The van der Waals surface area contributed by atoms with Crippen molar-refractivity contribution in [3.8, 4) is 0 Å². The first-order valence-electron chi connectivity index (χ1n) is 9.64. The van der Waals surface area contributed by atoms with Crippen molar-refractivity contribution in [3.05, 3.63) is 76.1 Å². The number of thiocarbonyl (C=S) groups is 1. The van der Waals surface area contributed by atoms with Gasteiger partial charge in [0.1, 0.15) is 10.1 Å². The van der Waals surface area contributed by atoms with Crippen molar-refractivity contribution in [3.63, 3.8) is 0 Å². The highest BCUT2D eigenvalue weighted by Crippen LogP contribution is 2.36. The second-order valence-corrected chi connectivity index (χ2v) is 8.88. The summed E-state index contributed by atoms with van der Waals surface area (Å²) in [5, 5.41) is 9.91. The molecule has 1 fully saturated rings. The first-order valence-corrected chi connectivity index (χ1v) is 10.9. The minimum absolute atomic E-state index is 0.0582. The lowest BCUT2D eigenvalue weighted by Crippen LogP contribution is -2.30. The van der Waals surface area contributed by atoms with Crippen molar-refractivity contribution >= 4 is 57.2 Å². The van der Waals surface area contributed by atoms with Crippen LogP contribution in [0.25, 0.3) is 17.0 Å². The number of carbonyl (C=O) groups excluding carboxylic acids is 1. The van der Waals surface area contributed by atoms with E-state index in [1.807, 2.05) is 37.3 Å². The van der Waals surface area contributed by atoms with E-state index in [0.29, 0.717) is 15.8 Å². The quantitative estimate of drug-likeness (QED) is 0.428. The molecule has 1 aliphatic heterocycles. The van der Waals surface area contributed by atoms with Gasteiger partial charge in [-0.3, -0.25) is 14.5 Å². The Morgan fingerprint density at radius 2 is 1.90 bits per heavy atom. The third-order valence-corrected chi connectivity index (χ3v) is 6.61. The molecule has 0 saturated carbocycles. The number of amides is 1. The van der Waals surface area contributed by atoms with E-state index in [0.717, 1.165) is 27.7 Å². The summed E-state index contributed by atoms with van der Waals surface area (Å²) in [6, 6.07) is 14.3. The van der Waals surface area contributed by atoms with Crippen molar-refractivity contribution in [2.75, 3.05) is 6.54 Å². The van der Waals surface area contributed by atoms with E-state index in [9.17, 15) is 14.0 Å². The number of halogens is 1. The zero-order chi connectivity index (χ0) is 22.1. The average Bonchev–Trinajstić information content (AvgIpc) is 3.16. The Bertz CT molecular complexity index is 1230. The predicted molar refractivity (Wildman–Crippen MR) is 124 cm³/mol. The molecule has 1 amide bonds. The van der Waals surface area contributed by atoms with Crippen LogP contribution in [0.5, 0.6) is 0 Å². The van der Waals surface area contributed by atoms with Crippen LogP contribution in [0.4, 0.5) is 4.39 Å². The van der Waals surface area contributed by atoms with Crippen molar-refractivity contribution < 1.29 is 19.1 Å². The lowest BCUT2D eigenvalue weighted by Gasteiger charge is -2.12. The van der Waals surface area contributed by atoms with Crippen LogP contribution < -0.4 is 0 Å². The molecule has 31 heavy (non-hydrogen) atoms. The highest BCUT2D eigenvalue weighted by molar-refractivity contribution is 8.26. The number of nitrogens with zero attached hydrogens (tertiary/aromatic N) is 2. The summed E-state index contributed by atoms with van der Waals surface area (Å²) in [7, 11) is 0. The maximum atomic E-state index is 13.3. The Morgan fingerprint density at radius 3 is 2.61 bits per heavy atom. The number of thioether (sulfide) groups is 1. The Morgan fingerprint density at radius 1 is 1.19 bits per heavy atom. The van der Waals surface area contributed by atoms with Crippen LogP contribution in [-0.4, -0.2) is 37.3 Å². The molecule has 4 rings (SSSR count). The molecule has 0 atom stereocenters. The van der Waals surface area contributed by atoms with E-state index in [1.165, 1.54) is 28.8 Å². The number of aromatic nitrogens is 1. The fourth-order valence-corrected chi connectivity index (χ4v) is 4.94. The van der Waals surface area contributed by atoms with Crippen LogP contribution in [-0.2, 0) is 16.1 Å². The van der Waals surface area contributed by atoms with E-state index in [2.05, 4.69) is 4.57 Å². The molecular formula is C23H19FN2O3S2. The molecule has 3 aromatic rings. The minimum atomic E-state index is -0.974. The third-order valence-electron chi connectivity index (χ3n) is 5.23. The summed E-state index contributed by atoms with van der Waals surface area (Å²) >= 11 is 6.48. The van der Waals surface area contributed by atoms with Gasteiger partial charge in [0.25, 0.3) is 5.91 Å². The first kappa shape index (κ1) is 21.3. The molecule has 8 heteroatoms. The molecular weight excluding hydrogens is 435 g/mol. The number of fused-ring (bicyclic) bond motifs is 1. The van der Waals surface area contributed by atoms with Gasteiger partial charge in [-0.25, -0.2) is 4.39 Å². The lowest BCUT2D eigenvalue weighted by molar-refractivity contribution is -0.137. The van der Waals surface area contributed by atoms with Crippen molar-refractivity contribution in [1.82, 2.24) is 9.47 Å². The molecule has 158 valence electrons. The van der Waals surface area contributed by atoms with E-state index in [4.69, 9.17) is 17.3 Å². The van der Waals surface area contributed by atoms with Crippen LogP contribution in [0.2, 0.25) is 0 Å². The molecule has 1 aromatic heterocycles. The summed E-state index contributed by atoms with van der Waals surface area (Å²) in [5.74, 6) is -1.52. The van der Waals surface area contributed by atoms with Gasteiger partial charge in [0.2, 0.25) is 0 Å². The Hall–Kier alpha value is -2.97. The first-order chi connectivity index (χ1) is 14.8. The summed E-state index contributed by atoms with van der Waals surface area (Å²) in [5.41, 5.74) is 3.87. The molecule has 0 radical (unpaired) electrons. The zero-order valence-electron chi connectivity index (χ0n) is 16.7. The van der Waals surface area contributed by atoms with E-state index < -0.39 is 5.97 Å². The van der Waals surface area contributed by atoms with Gasteiger partial charge in [0.05, 0.1) is 11.3 Å². The largest absolute Gasteiger partial charge is 0.481 e. The van der Waals surface area contributed by atoms with Crippen molar-refractivity contribution in [1.29, 1.82) is 0 Å². The van der Waals surface area contributed by atoms with Gasteiger partial charge < -0.3 is 9.67 Å². The van der Waals surface area contributed by atoms with Crippen LogP contribution in [0, 0.1) is 12.7 Å². The second kappa shape index (κ2) is 8.64. The van der Waals surface area contributed by atoms with Gasteiger partial charge in [-0.15, -0.1) is 0 Å². The molecule has 0 bridgehead atoms. The third kappa shape index (κ3) is 4.26. The number of aliphatic carboxylic acids is 1. The molecule has 0 unspecified atom stereocenters. The number of hydrogen-bond donors (Lipinski definition) is 1.